The highest BCUT2D eigenvalue weighted by molar-refractivity contribution is 5.89. The summed E-state index contributed by atoms with van der Waals surface area (Å²) in [7, 11) is 0. The minimum Gasteiger partial charge on any atom is -0.460 e. The maximum Gasteiger partial charge on any atom is 0.374 e. The van der Waals surface area contributed by atoms with Crippen LogP contribution >= 0.6 is 0 Å². The number of rotatable bonds is 4. The van der Waals surface area contributed by atoms with Crippen LogP contribution in [-0.2, 0) is 11.2 Å². The summed E-state index contributed by atoms with van der Waals surface area (Å²) in [5.74, 6) is -0.703. The Morgan fingerprint density at radius 1 is 1.47 bits per heavy atom. The van der Waals surface area contributed by atoms with Gasteiger partial charge >= 0.3 is 5.97 Å². The molecule has 0 aliphatic carbocycles. The lowest BCUT2D eigenvalue weighted by atomic mass is 10.1. The molecule has 0 saturated heterocycles. The zero-order chi connectivity index (χ0) is 13.8. The van der Waals surface area contributed by atoms with Crippen LogP contribution in [0.2, 0.25) is 0 Å². The van der Waals surface area contributed by atoms with Crippen molar-refractivity contribution in [1.82, 2.24) is 0 Å². The Morgan fingerprint density at radius 3 is 2.95 bits per heavy atom. The number of esters is 1. The van der Waals surface area contributed by atoms with Gasteiger partial charge in [0.2, 0.25) is 5.76 Å². The lowest BCUT2D eigenvalue weighted by Gasteiger charge is -2.05. The fourth-order valence-electron chi connectivity index (χ4n) is 1.85. The number of carbonyl (C=O) groups is 1. The van der Waals surface area contributed by atoms with Crippen LogP contribution in [0, 0.1) is 0 Å². The third-order valence-corrected chi connectivity index (χ3v) is 2.68. The SMILES string of the molecule is C=CCc1cccc2c(=O)cc(C(=O)OCC)oc12. The normalized spacial score (nSPS) is 10.4. The van der Waals surface area contributed by atoms with Crippen molar-refractivity contribution >= 4 is 16.9 Å². The van der Waals surface area contributed by atoms with E-state index in [0.717, 1.165) is 11.6 Å². The molecule has 2 rings (SSSR count). The molecule has 0 saturated carbocycles. The van der Waals surface area contributed by atoms with Gasteiger partial charge in [0.1, 0.15) is 5.58 Å². The number of fused-ring (bicyclic) bond motifs is 1. The largest absolute Gasteiger partial charge is 0.460 e. The van der Waals surface area contributed by atoms with Crippen LogP contribution in [0.3, 0.4) is 0 Å². The van der Waals surface area contributed by atoms with Crippen molar-refractivity contribution in [3.8, 4) is 0 Å². The molecule has 0 spiro atoms. The molecule has 0 fully saturated rings. The molecule has 0 aliphatic heterocycles. The number of hydrogen-bond acceptors (Lipinski definition) is 4. The summed E-state index contributed by atoms with van der Waals surface area (Å²) < 4.78 is 10.4. The Morgan fingerprint density at radius 2 is 2.26 bits per heavy atom. The molecule has 0 amide bonds. The quantitative estimate of drug-likeness (QED) is 0.625. The van der Waals surface area contributed by atoms with Gasteiger partial charge in [-0.15, -0.1) is 6.58 Å². The van der Waals surface area contributed by atoms with Gasteiger partial charge in [-0.2, -0.15) is 0 Å². The van der Waals surface area contributed by atoms with E-state index in [1.54, 1.807) is 25.1 Å². The summed E-state index contributed by atoms with van der Waals surface area (Å²) in [6.07, 6.45) is 2.28. The van der Waals surface area contributed by atoms with Crippen molar-refractivity contribution in [1.29, 1.82) is 0 Å². The molecular weight excluding hydrogens is 244 g/mol. The molecule has 4 heteroatoms. The zero-order valence-electron chi connectivity index (χ0n) is 10.6. The number of ether oxygens (including phenoxy) is 1. The molecule has 0 unspecified atom stereocenters. The van der Waals surface area contributed by atoms with E-state index >= 15 is 0 Å². The molecule has 1 heterocycles. The van der Waals surface area contributed by atoms with Crippen LogP contribution in [0.15, 0.2) is 46.1 Å². The smallest absolute Gasteiger partial charge is 0.374 e. The monoisotopic (exact) mass is 258 g/mol. The van der Waals surface area contributed by atoms with E-state index in [-0.39, 0.29) is 17.8 Å². The van der Waals surface area contributed by atoms with Crippen molar-refractivity contribution in [2.24, 2.45) is 0 Å². The fraction of sp³-hybridized carbons (Fsp3) is 0.200. The molecule has 0 bridgehead atoms. The topological polar surface area (TPSA) is 56.5 Å². The van der Waals surface area contributed by atoms with Gasteiger partial charge in [0.15, 0.2) is 5.43 Å². The summed E-state index contributed by atoms with van der Waals surface area (Å²) in [5.41, 5.74) is 0.976. The van der Waals surface area contributed by atoms with Crippen LogP contribution in [0.5, 0.6) is 0 Å². The van der Waals surface area contributed by atoms with E-state index in [1.807, 2.05) is 6.07 Å². The van der Waals surface area contributed by atoms with Gasteiger partial charge in [0.25, 0.3) is 0 Å². The molecule has 0 N–H and O–H groups in total. The number of benzene rings is 1. The Balaban J connectivity index is 2.65. The number of hydrogen-bond donors (Lipinski definition) is 0. The number of carbonyl (C=O) groups excluding carboxylic acids is 1. The zero-order valence-corrected chi connectivity index (χ0v) is 10.6. The second-order valence-electron chi connectivity index (χ2n) is 3.98. The van der Waals surface area contributed by atoms with Crippen molar-refractivity contribution in [2.75, 3.05) is 6.61 Å². The van der Waals surface area contributed by atoms with Crippen molar-refractivity contribution < 1.29 is 13.9 Å². The molecule has 0 radical (unpaired) electrons. The van der Waals surface area contributed by atoms with Gasteiger partial charge in [0, 0.05) is 6.07 Å². The van der Waals surface area contributed by atoms with E-state index < -0.39 is 5.97 Å². The minimum absolute atomic E-state index is 0.0733. The average Bonchev–Trinajstić information content (AvgIpc) is 2.40. The summed E-state index contributed by atoms with van der Waals surface area (Å²) in [5, 5.41) is 0.451. The van der Waals surface area contributed by atoms with Crippen molar-refractivity contribution in [3.05, 3.63) is 58.5 Å². The van der Waals surface area contributed by atoms with Gasteiger partial charge in [-0.25, -0.2) is 4.79 Å². The highest BCUT2D eigenvalue weighted by Crippen LogP contribution is 2.18. The molecule has 0 atom stereocenters. The van der Waals surface area contributed by atoms with Crippen LogP contribution in [0.1, 0.15) is 23.0 Å². The average molecular weight is 258 g/mol. The lowest BCUT2D eigenvalue weighted by molar-refractivity contribution is 0.0490. The second-order valence-corrected chi connectivity index (χ2v) is 3.98. The molecule has 0 aliphatic rings. The molecule has 4 nitrogen and oxygen atoms in total. The highest BCUT2D eigenvalue weighted by atomic mass is 16.5. The summed E-state index contributed by atoms with van der Waals surface area (Å²) in [6, 6.07) is 6.45. The van der Waals surface area contributed by atoms with Gasteiger partial charge in [-0.05, 0) is 25.0 Å². The summed E-state index contributed by atoms with van der Waals surface area (Å²) >= 11 is 0. The third-order valence-electron chi connectivity index (χ3n) is 2.68. The first kappa shape index (κ1) is 13.1. The summed E-state index contributed by atoms with van der Waals surface area (Å²) in [4.78, 5) is 23.6. The Hall–Kier alpha value is -2.36. The van der Waals surface area contributed by atoms with Crippen molar-refractivity contribution in [3.63, 3.8) is 0 Å². The molecule has 19 heavy (non-hydrogen) atoms. The number of allylic oxidation sites excluding steroid dienone is 1. The maximum atomic E-state index is 12.0. The molecule has 1 aromatic carbocycles. The molecule has 2 aromatic rings. The van der Waals surface area contributed by atoms with E-state index in [4.69, 9.17) is 9.15 Å². The first-order valence-corrected chi connectivity index (χ1v) is 6.01. The minimum atomic E-state index is -0.630. The molecule has 98 valence electrons. The standard InChI is InChI=1S/C15H14O4/c1-3-6-10-7-5-8-11-12(16)9-13(19-14(10)11)15(17)18-4-2/h3,5,7-9H,1,4,6H2,2H3. The van der Waals surface area contributed by atoms with Gasteiger partial charge in [-0.1, -0.05) is 18.2 Å². The van der Waals surface area contributed by atoms with Crippen LogP contribution in [0.25, 0.3) is 11.0 Å². The van der Waals surface area contributed by atoms with Crippen LogP contribution in [0.4, 0.5) is 0 Å². The second kappa shape index (κ2) is 5.52. The Bertz CT molecular complexity index is 682. The van der Waals surface area contributed by atoms with E-state index in [0.29, 0.717) is 17.4 Å². The Labute approximate surface area is 110 Å². The molecule has 1 aromatic heterocycles. The third kappa shape index (κ3) is 2.57. The van der Waals surface area contributed by atoms with E-state index in [9.17, 15) is 9.59 Å². The van der Waals surface area contributed by atoms with E-state index in [1.165, 1.54) is 0 Å². The summed E-state index contributed by atoms with van der Waals surface area (Å²) in [6.45, 7) is 5.59. The van der Waals surface area contributed by atoms with Gasteiger partial charge in [-0.3, -0.25) is 4.79 Å². The number of para-hydroxylation sites is 1. The maximum absolute atomic E-state index is 12.0. The van der Waals surface area contributed by atoms with Crippen molar-refractivity contribution in [2.45, 2.75) is 13.3 Å². The van der Waals surface area contributed by atoms with E-state index in [2.05, 4.69) is 6.58 Å². The first-order valence-electron chi connectivity index (χ1n) is 6.01. The predicted octanol–water partition coefficient (Wildman–Crippen LogP) is 2.70. The fourth-order valence-corrected chi connectivity index (χ4v) is 1.85. The first-order chi connectivity index (χ1) is 9.17. The highest BCUT2D eigenvalue weighted by Gasteiger charge is 2.14. The van der Waals surface area contributed by atoms with Gasteiger partial charge < -0.3 is 9.15 Å². The Kier molecular flexibility index (Phi) is 3.80. The predicted molar refractivity (Wildman–Crippen MR) is 72.3 cm³/mol. The van der Waals surface area contributed by atoms with Crippen LogP contribution in [-0.4, -0.2) is 12.6 Å². The van der Waals surface area contributed by atoms with Crippen LogP contribution < -0.4 is 5.43 Å². The molecular formula is C15H14O4. The lowest BCUT2D eigenvalue weighted by Crippen LogP contribution is -2.10. The van der Waals surface area contributed by atoms with Gasteiger partial charge in [0.05, 0.1) is 12.0 Å².